The maximum absolute atomic E-state index is 12.7. The molecule has 0 aromatic carbocycles. The van der Waals surface area contributed by atoms with Crippen LogP contribution in [0.15, 0.2) is 0 Å². The molecule has 0 saturated heterocycles. The average molecular weight is 248 g/mol. The third-order valence-corrected chi connectivity index (χ3v) is 2.13. The number of aromatic carboxylic acids is 1. The molecule has 94 valence electrons. The van der Waals surface area contributed by atoms with Gasteiger partial charge in [-0.2, -0.15) is 0 Å². The molecule has 1 rings (SSSR count). The molecule has 0 aliphatic heterocycles. The Labute approximate surface area is 94.4 Å². The van der Waals surface area contributed by atoms with E-state index in [9.17, 15) is 18.4 Å². The molecule has 1 amide bonds. The topological polar surface area (TPSA) is 97.1 Å². The Balaban J connectivity index is 3.25. The summed E-state index contributed by atoms with van der Waals surface area (Å²) in [5.74, 6) is -2.19. The molecule has 7 nitrogen and oxygen atoms in total. The van der Waals surface area contributed by atoms with Crippen molar-refractivity contribution in [3.8, 4) is 0 Å². The first kappa shape index (κ1) is 13.0. The zero-order valence-electron chi connectivity index (χ0n) is 9.02. The van der Waals surface area contributed by atoms with Crippen molar-refractivity contribution in [3.63, 3.8) is 0 Å². The lowest BCUT2D eigenvalue weighted by Crippen LogP contribution is -2.29. The predicted molar refractivity (Wildman–Crippen MR) is 50.7 cm³/mol. The summed E-state index contributed by atoms with van der Waals surface area (Å²) in [4.78, 5) is 21.9. The Hall–Kier alpha value is -2.06. The summed E-state index contributed by atoms with van der Waals surface area (Å²) in [5, 5.41) is 17.3. The molecule has 0 aliphatic rings. The number of aromatic nitrogens is 3. The van der Waals surface area contributed by atoms with Gasteiger partial charge in [0.25, 0.3) is 6.43 Å². The second-order valence-electron chi connectivity index (χ2n) is 3.16. The van der Waals surface area contributed by atoms with Crippen LogP contribution in [0.4, 0.5) is 8.78 Å². The number of carbonyl (C=O) groups is 2. The number of hydrogen-bond donors (Lipinski definition) is 2. The average Bonchev–Trinajstić information content (AvgIpc) is 2.71. The van der Waals surface area contributed by atoms with Gasteiger partial charge in [-0.25, -0.2) is 18.3 Å². The molecular weight excluding hydrogens is 238 g/mol. The van der Waals surface area contributed by atoms with Gasteiger partial charge in [0.1, 0.15) is 11.7 Å². The van der Waals surface area contributed by atoms with Gasteiger partial charge in [0.15, 0.2) is 5.69 Å². The monoisotopic (exact) mass is 248 g/mol. The van der Waals surface area contributed by atoms with Crippen molar-refractivity contribution in [3.05, 3.63) is 11.4 Å². The molecule has 1 aromatic heterocycles. The molecule has 1 atom stereocenters. The van der Waals surface area contributed by atoms with Gasteiger partial charge < -0.3 is 10.4 Å². The molecule has 0 fully saturated rings. The highest BCUT2D eigenvalue weighted by Gasteiger charge is 2.30. The molecular formula is C8H10F2N4O3. The maximum atomic E-state index is 12.7. The van der Waals surface area contributed by atoms with E-state index in [2.05, 4.69) is 15.6 Å². The van der Waals surface area contributed by atoms with Crippen LogP contribution in [0.5, 0.6) is 0 Å². The highest BCUT2D eigenvalue weighted by atomic mass is 19.3. The second-order valence-corrected chi connectivity index (χ2v) is 3.16. The van der Waals surface area contributed by atoms with E-state index in [1.54, 1.807) is 0 Å². The van der Waals surface area contributed by atoms with Gasteiger partial charge >= 0.3 is 5.97 Å². The van der Waals surface area contributed by atoms with Crippen LogP contribution in [0.25, 0.3) is 0 Å². The van der Waals surface area contributed by atoms with Crippen LogP contribution in [0.1, 0.15) is 35.6 Å². The third kappa shape index (κ3) is 2.37. The number of hydrogen-bond acceptors (Lipinski definition) is 4. The first-order chi connectivity index (χ1) is 7.90. The van der Waals surface area contributed by atoms with Crippen LogP contribution in [0, 0.1) is 0 Å². The molecule has 0 bridgehead atoms. The Bertz CT molecular complexity index is 446. The van der Waals surface area contributed by atoms with E-state index in [4.69, 9.17) is 5.11 Å². The summed E-state index contributed by atoms with van der Waals surface area (Å²) in [6.45, 7) is 1.31. The first-order valence-corrected chi connectivity index (χ1v) is 4.58. The van der Waals surface area contributed by atoms with Gasteiger partial charge in [0.05, 0.1) is 0 Å². The van der Waals surface area contributed by atoms with Gasteiger partial charge in [0, 0.05) is 7.05 Å². The maximum Gasteiger partial charge on any atom is 0.358 e. The summed E-state index contributed by atoms with van der Waals surface area (Å²) < 4.78 is 26.0. The minimum Gasteiger partial charge on any atom is -0.476 e. The van der Waals surface area contributed by atoms with E-state index >= 15 is 0 Å². The smallest absolute Gasteiger partial charge is 0.358 e. The van der Waals surface area contributed by atoms with Gasteiger partial charge in [-0.05, 0) is 6.92 Å². The minimum atomic E-state index is -3.08. The van der Waals surface area contributed by atoms with Gasteiger partial charge in [-0.15, -0.1) is 5.10 Å². The zero-order valence-corrected chi connectivity index (χ0v) is 9.02. The Kier molecular flexibility index (Phi) is 3.71. The normalized spacial score (nSPS) is 12.5. The third-order valence-electron chi connectivity index (χ3n) is 2.13. The molecule has 1 heterocycles. The highest BCUT2D eigenvalue weighted by molar-refractivity contribution is 5.87. The van der Waals surface area contributed by atoms with E-state index in [0.29, 0.717) is 4.68 Å². The van der Waals surface area contributed by atoms with Crippen molar-refractivity contribution in [2.75, 3.05) is 7.05 Å². The molecule has 1 aromatic rings. The Morgan fingerprint density at radius 1 is 1.47 bits per heavy atom. The summed E-state index contributed by atoms with van der Waals surface area (Å²) in [6.07, 6.45) is -3.08. The van der Waals surface area contributed by atoms with Crippen molar-refractivity contribution in [1.82, 2.24) is 20.3 Å². The minimum absolute atomic E-state index is 0.575. The highest BCUT2D eigenvalue weighted by Crippen LogP contribution is 2.24. The molecule has 0 aliphatic carbocycles. The van der Waals surface area contributed by atoms with Gasteiger partial charge in [-0.1, -0.05) is 5.21 Å². The fourth-order valence-electron chi connectivity index (χ4n) is 1.26. The van der Waals surface area contributed by atoms with Crippen molar-refractivity contribution >= 4 is 11.9 Å². The number of amides is 1. The molecule has 0 radical (unpaired) electrons. The van der Waals surface area contributed by atoms with E-state index in [1.807, 2.05) is 0 Å². The van der Waals surface area contributed by atoms with Gasteiger partial charge in [-0.3, -0.25) is 4.79 Å². The van der Waals surface area contributed by atoms with Crippen LogP contribution in [0.2, 0.25) is 0 Å². The number of carbonyl (C=O) groups excluding carboxylic acids is 1. The molecule has 17 heavy (non-hydrogen) atoms. The zero-order chi connectivity index (χ0) is 13.2. The quantitative estimate of drug-likeness (QED) is 0.794. The molecule has 9 heteroatoms. The lowest BCUT2D eigenvalue weighted by molar-refractivity contribution is -0.123. The first-order valence-electron chi connectivity index (χ1n) is 4.58. The van der Waals surface area contributed by atoms with Crippen LogP contribution in [-0.4, -0.2) is 39.0 Å². The second kappa shape index (κ2) is 4.85. The molecule has 2 N–H and O–H groups in total. The van der Waals surface area contributed by atoms with Crippen molar-refractivity contribution in [2.24, 2.45) is 0 Å². The van der Waals surface area contributed by atoms with Crippen molar-refractivity contribution < 1.29 is 23.5 Å². The van der Waals surface area contributed by atoms with Crippen molar-refractivity contribution in [1.29, 1.82) is 0 Å². The number of likely N-dealkylation sites (N-methyl/N-ethyl adjacent to an activating group) is 1. The fraction of sp³-hybridized carbons (Fsp3) is 0.500. The standard InChI is InChI=1S/C8H10F2N4O3/c1-3(7(15)11-2)14-5(6(9)10)4(8(16)17)12-13-14/h3,6H,1-2H3,(H,11,15)(H,16,17). The van der Waals surface area contributed by atoms with Crippen LogP contribution >= 0.6 is 0 Å². The van der Waals surface area contributed by atoms with Crippen LogP contribution in [-0.2, 0) is 4.79 Å². The number of nitrogens with one attached hydrogen (secondary N) is 1. The molecule has 1 unspecified atom stereocenters. The van der Waals surface area contributed by atoms with Crippen molar-refractivity contribution in [2.45, 2.75) is 19.4 Å². The van der Waals surface area contributed by atoms with E-state index < -0.39 is 35.7 Å². The van der Waals surface area contributed by atoms with E-state index in [-0.39, 0.29) is 0 Å². The number of alkyl halides is 2. The number of halogens is 2. The van der Waals surface area contributed by atoms with Gasteiger partial charge in [0.2, 0.25) is 5.91 Å². The Morgan fingerprint density at radius 3 is 2.47 bits per heavy atom. The largest absolute Gasteiger partial charge is 0.476 e. The lowest BCUT2D eigenvalue weighted by Gasteiger charge is -2.12. The number of carboxylic acid groups (broad SMARTS) is 1. The van der Waals surface area contributed by atoms with Crippen LogP contribution in [0.3, 0.4) is 0 Å². The summed E-state index contributed by atoms with van der Waals surface area (Å²) in [6, 6.07) is -1.07. The predicted octanol–water partition coefficient (Wildman–Crippen LogP) is 0.221. The molecule has 0 spiro atoms. The number of nitrogens with zero attached hydrogens (tertiary/aromatic N) is 3. The fourth-order valence-corrected chi connectivity index (χ4v) is 1.26. The van der Waals surface area contributed by atoms with E-state index in [0.717, 1.165) is 0 Å². The number of carboxylic acids is 1. The summed E-state index contributed by atoms with van der Waals surface area (Å²) >= 11 is 0. The van der Waals surface area contributed by atoms with E-state index in [1.165, 1.54) is 14.0 Å². The number of rotatable bonds is 4. The Morgan fingerprint density at radius 2 is 2.06 bits per heavy atom. The summed E-state index contributed by atoms with van der Waals surface area (Å²) in [7, 11) is 1.33. The molecule has 0 saturated carbocycles. The SMILES string of the molecule is CNC(=O)C(C)n1nnc(C(=O)O)c1C(F)F. The lowest BCUT2D eigenvalue weighted by atomic mass is 10.2. The van der Waals surface area contributed by atoms with Crippen LogP contribution < -0.4 is 5.32 Å². The summed E-state index contributed by atoms with van der Waals surface area (Å²) in [5.41, 5.74) is -1.73.